The first-order valence-electron chi connectivity index (χ1n) is 11.1. The lowest BCUT2D eigenvalue weighted by molar-refractivity contribution is -0.310. The van der Waals surface area contributed by atoms with Gasteiger partial charge in [-0.3, -0.25) is 9.59 Å². The predicted molar refractivity (Wildman–Crippen MR) is 120 cm³/mol. The SMILES string of the molecule is O=C(O)CC(=O)OCC1OC(OC2Cc3c(O)cc(O)cc3[O+]=C2c2ccc(O)cc2)C(O)C(O)C1O. The summed E-state index contributed by atoms with van der Waals surface area (Å²) in [5.41, 5.74) is 0.719. The molecule has 0 aromatic heterocycles. The highest BCUT2D eigenvalue weighted by Gasteiger charge is 2.48. The second-order valence-corrected chi connectivity index (χ2v) is 8.55. The van der Waals surface area contributed by atoms with E-state index in [2.05, 4.69) is 0 Å². The molecule has 0 amide bonds. The van der Waals surface area contributed by atoms with Crippen LogP contribution in [0.2, 0.25) is 0 Å². The Balaban J connectivity index is 1.59. The van der Waals surface area contributed by atoms with Crippen LogP contribution in [0.5, 0.6) is 23.0 Å². The van der Waals surface area contributed by atoms with Crippen LogP contribution < -0.4 is 0 Å². The Bertz CT molecular complexity index is 1190. The zero-order chi connectivity index (χ0) is 26.9. The van der Waals surface area contributed by atoms with Crippen molar-refractivity contribution in [2.75, 3.05) is 6.61 Å². The number of aromatic hydroxyl groups is 3. The summed E-state index contributed by atoms with van der Waals surface area (Å²) in [7, 11) is 0. The Morgan fingerprint density at radius 1 is 0.973 bits per heavy atom. The minimum absolute atomic E-state index is 0.0169. The number of aliphatic carboxylic acids is 1. The number of phenols is 3. The van der Waals surface area contributed by atoms with Crippen molar-refractivity contribution in [1.29, 1.82) is 0 Å². The van der Waals surface area contributed by atoms with E-state index in [0.717, 1.165) is 6.07 Å². The number of esters is 1. The van der Waals surface area contributed by atoms with Gasteiger partial charge in [0.1, 0.15) is 60.3 Å². The maximum absolute atomic E-state index is 11.6. The fourth-order valence-corrected chi connectivity index (χ4v) is 4.03. The maximum Gasteiger partial charge on any atom is 0.366 e. The molecule has 2 aliphatic heterocycles. The molecule has 2 heterocycles. The van der Waals surface area contributed by atoms with Crippen LogP contribution in [-0.2, 0) is 30.2 Å². The highest BCUT2D eigenvalue weighted by atomic mass is 16.7. The zero-order valence-corrected chi connectivity index (χ0v) is 19.1. The molecule has 1 fully saturated rings. The minimum atomic E-state index is -1.78. The number of ketones is 1. The molecule has 0 spiro atoms. The number of fused-ring (bicyclic) bond motifs is 1. The lowest BCUT2D eigenvalue weighted by Gasteiger charge is -2.40. The predicted octanol–water partition coefficient (Wildman–Crippen LogP) is -0.298. The summed E-state index contributed by atoms with van der Waals surface area (Å²) in [4.78, 5) is 22.2. The van der Waals surface area contributed by atoms with Crippen molar-refractivity contribution in [2.45, 2.75) is 49.7 Å². The third-order valence-corrected chi connectivity index (χ3v) is 5.89. The third kappa shape index (κ3) is 5.81. The van der Waals surface area contributed by atoms with E-state index in [9.17, 15) is 40.2 Å². The maximum atomic E-state index is 11.6. The molecule has 4 rings (SSSR count). The molecule has 2 aliphatic rings. The second kappa shape index (κ2) is 10.7. The minimum Gasteiger partial charge on any atom is -0.508 e. The summed E-state index contributed by atoms with van der Waals surface area (Å²) >= 11 is 0. The van der Waals surface area contributed by atoms with Crippen LogP contribution in [0.25, 0.3) is 0 Å². The summed E-state index contributed by atoms with van der Waals surface area (Å²) in [6, 6.07) is 8.24. The van der Waals surface area contributed by atoms with Gasteiger partial charge in [0.05, 0.1) is 11.6 Å². The van der Waals surface area contributed by atoms with Gasteiger partial charge in [-0.25, -0.2) is 4.42 Å². The van der Waals surface area contributed by atoms with E-state index in [-0.39, 0.29) is 40.8 Å². The number of carbonyl (C=O) groups is 2. The van der Waals surface area contributed by atoms with Gasteiger partial charge in [0.2, 0.25) is 0 Å². The van der Waals surface area contributed by atoms with Gasteiger partial charge in [-0.1, -0.05) is 0 Å². The molecule has 0 bridgehead atoms. The summed E-state index contributed by atoms with van der Waals surface area (Å²) in [5, 5.41) is 69.6. The Labute approximate surface area is 209 Å². The molecule has 13 nitrogen and oxygen atoms in total. The van der Waals surface area contributed by atoms with Crippen LogP contribution in [0.15, 0.2) is 36.4 Å². The van der Waals surface area contributed by atoms with Gasteiger partial charge < -0.3 is 50.0 Å². The van der Waals surface area contributed by atoms with E-state index in [0.29, 0.717) is 5.56 Å². The van der Waals surface area contributed by atoms with Crippen LogP contribution in [0.1, 0.15) is 22.0 Å². The van der Waals surface area contributed by atoms with Gasteiger partial charge in [0.25, 0.3) is 0 Å². The normalized spacial score (nSPS) is 27.2. The number of carbonyl (C=O) groups excluding carboxylic acids is 2. The van der Waals surface area contributed by atoms with Crippen molar-refractivity contribution < 1.29 is 64.0 Å². The molecule has 37 heavy (non-hydrogen) atoms. The zero-order valence-electron chi connectivity index (χ0n) is 19.1. The number of benzene rings is 2. The van der Waals surface area contributed by atoms with E-state index in [1.165, 1.54) is 30.3 Å². The molecule has 0 aliphatic carbocycles. The Morgan fingerprint density at radius 2 is 1.68 bits per heavy atom. The lowest BCUT2D eigenvalue weighted by atomic mass is 9.95. The van der Waals surface area contributed by atoms with Crippen LogP contribution in [0.3, 0.4) is 0 Å². The number of ether oxygens (including phenoxy) is 3. The summed E-state index contributed by atoms with van der Waals surface area (Å²) in [6.07, 6.45) is -10.2. The van der Waals surface area contributed by atoms with Gasteiger partial charge in [-0.05, 0) is 24.3 Å². The number of aliphatic hydroxyl groups excluding tert-OH is 3. The van der Waals surface area contributed by atoms with Gasteiger partial charge in [-0.2, -0.15) is 0 Å². The number of carboxylic acid groups (broad SMARTS) is 1. The summed E-state index contributed by atoms with van der Waals surface area (Å²) in [6.45, 7) is -0.629. The molecular weight excluding hydrogens is 496 g/mol. The van der Waals surface area contributed by atoms with E-state index >= 15 is 0 Å². The van der Waals surface area contributed by atoms with Crippen LogP contribution in [0, 0.1) is 0 Å². The molecular formula is C24H25O13+. The van der Waals surface area contributed by atoms with E-state index in [4.69, 9.17) is 23.7 Å². The molecule has 2 aromatic carbocycles. The average Bonchev–Trinajstić information content (AvgIpc) is 2.83. The van der Waals surface area contributed by atoms with E-state index < -0.39 is 61.8 Å². The van der Waals surface area contributed by atoms with Crippen LogP contribution in [-0.4, -0.2) is 96.9 Å². The van der Waals surface area contributed by atoms with Crippen molar-refractivity contribution in [3.63, 3.8) is 0 Å². The third-order valence-electron chi connectivity index (χ3n) is 5.89. The topological polar surface area (TPSA) is 215 Å². The highest BCUT2D eigenvalue weighted by molar-refractivity contribution is 6.01. The molecule has 13 heteroatoms. The van der Waals surface area contributed by atoms with Crippen molar-refractivity contribution in [3.05, 3.63) is 47.5 Å². The number of phenolic OH excluding ortho intramolecular Hbond substituents is 3. The van der Waals surface area contributed by atoms with Crippen molar-refractivity contribution >= 4 is 17.7 Å². The molecule has 198 valence electrons. The first-order valence-corrected chi connectivity index (χ1v) is 11.1. The molecule has 2 aromatic rings. The molecule has 0 saturated carbocycles. The number of rotatable bonds is 7. The van der Waals surface area contributed by atoms with Crippen LogP contribution in [0.4, 0.5) is 0 Å². The summed E-state index contributed by atoms with van der Waals surface area (Å²) in [5.74, 6) is -2.75. The van der Waals surface area contributed by atoms with Gasteiger partial charge in [0.15, 0.2) is 12.4 Å². The monoisotopic (exact) mass is 521 g/mol. The second-order valence-electron chi connectivity index (χ2n) is 8.55. The highest BCUT2D eigenvalue weighted by Crippen LogP contribution is 2.40. The molecule has 6 atom stereocenters. The average molecular weight is 521 g/mol. The molecule has 7 N–H and O–H groups in total. The number of hydrogen-bond donors (Lipinski definition) is 7. The Morgan fingerprint density at radius 3 is 2.35 bits per heavy atom. The molecule has 1 saturated heterocycles. The first-order chi connectivity index (χ1) is 17.5. The van der Waals surface area contributed by atoms with Gasteiger partial charge >= 0.3 is 23.5 Å². The number of carboxylic acids is 1. The lowest BCUT2D eigenvalue weighted by Crippen LogP contribution is -2.60. The Kier molecular flexibility index (Phi) is 7.61. The van der Waals surface area contributed by atoms with Crippen molar-refractivity contribution in [1.82, 2.24) is 0 Å². The Hall–Kier alpha value is -3.75. The van der Waals surface area contributed by atoms with Crippen molar-refractivity contribution in [3.8, 4) is 23.0 Å². The summed E-state index contributed by atoms with van der Waals surface area (Å²) < 4.78 is 22.2. The van der Waals surface area contributed by atoms with Crippen molar-refractivity contribution in [2.24, 2.45) is 0 Å². The standard InChI is InChI=1S/C24H24O13/c25-11-3-1-10(2-4-11)23-16(7-13-14(27)5-12(26)6-15(13)35-23)36-24-22(33)21(32)20(31)17(37-24)9-34-19(30)8-18(28)29/h1-6,16-17,20-22,24,31-33H,7-9H2,(H3-,25,26,27,28,29)/p+1. The fraction of sp³-hybridized carbons (Fsp3) is 0.375. The van der Waals surface area contributed by atoms with E-state index in [1.807, 2.05) is 0 Å². The fourth-order valence-electron chi connectivity index (χ4n) is 4.03. The number of hydrogen-bond acceptors (Lipinski definition) is 11. The molecule has 6 unspecified atom stereocenters. The smallest absolute Gasteiger partial charge is 0.366 e. The molecule has 0 radical (unpaired) electrons. The van der Waals surface area contributed by atoms with Crippen LogP contribution >= 0.6 is 0 Å². The first kappa shape index (κ1) is 26.3. The number of aliphatic hydroxyl groups is 3. The quantitative estimate of drug-likeness (QED) is 0.142. The van der Waals surface area contributed by atoms with E-state index in [1.54, 1.807) is 0 Å². The van der Waals surface area contributed by atoms with Gasteiger partial charge in [0, 0.05) is 12.5 Å². The van der Waals surface area contributed by atoms with Gasteiger partial charge in [-0.15, -0.1) is 0 Å². The largest absolute Gasteiger partial charge is 0.508 e.